The Bertz CT molecular complexity index is 536. The van der Waals surface area contributed by atoms with Gasteiger partial charge >= 0.3 is 0 Å². The van der Waals surface area contributed by atoms with Crippen LogP contribution in [0.5, 0.6) is 5.75 Å². The number of nitrogens with one attached hydrogen (secondary N) is 2. The number of nitriles is 1. The molecule has 2 N–H and O–H groups in total. The van der Waals surface area contributed by atoms with Crippen LogP contribution < -0.4 is 15.4 Å². The molecule has 0 spiro atoms. The highest BCUT2D eigenvalue weighted by Gasteiger charge is 2.25. The normalized spacial score (nSPS) is 21.9. The summed E-state index contributed by atoms with van der Waals surface area (Å²) in [5.74, 6) is 0.996. The Labute approximate surface area is 118 Å². The van der Waals surface area contributed by atoms with Crippen molar-refractivity contribution in [2.24, 2.45) is 5.92 Å². The number of amides is 1. The standard InChI is InChI=1S/C15H19N3O2/c1-10-5-6-17-13(7-10)15(19)18-12-4-3-11(9-16)8-14(12)20-2/h3-4,8,10,13,17H,5-7H2,1-2H3,(H,18,19). The summed E-state index contributed by atoms with van der Waals surface area (Å²) in [5.41, 5.74) is 1.10. The van der Waals surface area contributed by atoms with E-state index in [4.69, 9.17) is 10.00 Å². The van der Waals surface area contributed by atoms with Gasteiger partial charge in [-0.05, 0) is 37.4 Å². The van der Waals surface area contributed by atoms with Crippen LogP contribution in [0.3, 0.4) is 0 Å². The fourth-order valence-electron chi connectivity index (χ4n) is 2.39. The van der Waals surface area contributed by atoms with Gasteiger partial charge in [0.1, 0.15) is 5.75 Å². The highest BCUT2D eigenvalue weighted by molar-refractivity contribution is 5.96. The first-order valence-electron chi connectivity index (χ1n) is 6.76. The molecule has 0 aromatic heterocycles. The number of carbonyl (C=O) groups is 1. The van der Waals surface area contributed by atoms with E-state index in [2.05, 4.69) is 17.6 Å². The van der Waals surface area contributed by atoms with Gasteiger partial charge < -0.3 is 15.4 Å². The number of rotatable bonds is 3. The van der Waals surface area contributed by atoms with Crippen LogP contribution in [-0.4, -0.2) is 25.6 Å². The summed E-state index contributed by atoms with van der Waals surface area (Å²) in [6, 6.07) is 6.85. The molecule has 0 radical (unpaired) electrons. The van der Waals surface area contributed by atoms with Gasteiger partial charge in [-0.2, -0.15) is 5.26 Å². The summed E-state index contributed by atoms with van der Waals surface area (Å²) in [4.78, 5) is 12.2. The minimum Gasteiger partial charge on any atom is -0.495 e. The van der Waals surface area contributed by atoms with Gasteiger partial charge in [-0.15, -0.1) is 0 Å². The first-order valence-corrected chi connectivity index (χ1v) is 6.76. The van der Waals surface area contributed by atoms with E-state index in [1.54, 1.807) is 18.2 Å². The summed E-state index contributed by atoms with van der Waals surface area (Å²) < 4.78 is 5.21. The third-order valence-electron chi connectivity index (χ3n) is 3.57. The van der Waals surface area contributed by atoms with Crippen LogP contribution in [0.25, 0.3) is 0 Å². The number of hydrogen-bond donors (Lipinski definition) is 2. The number of ether oxygens (including phenoxy) is 1. The van der Waals surface area contributed by atoms with Crippen molar-refractivity contribution in [2.75, 3.05) is 19.0 Å². The van der Waals surface area contributed by atoms with E-state index in [9.17, 15) is 4.79 Å². The van der Waals surface area contributed by atoms with Crippen molar-refractivity contribution in [2.45, 2.75) is 25.8 Å². The number of nitrogens with zero attached hydrogens (tertiary/aromatic N) is 1. The van der Waals surface area contributed by atoms with Crippen LogP contribution in [0.2, 0.25) is 0 Å². The zero-order valence-corrected chi connectivity index (χ0v) is 11.8. The van der Waals surface area contributed by atoms with Crippen molar-refractivity contribution in [1.29, 1.82) is 5.26 Å². The zero-order chi connectivity index (χ0) is 14.5. The minimum atomic E-state index is -0.168. The molecule has 1 aliphatic heterocycles. The third kappa shape index (κ3) is 3.28. The lowest BCUT2D eigenvalue weighted by molar-refractivity contribution is -0.119. The Balaban J connectivity index is 2.09. The fraction of sp³-hybridized carbons (Fsp3) is 0.467. The van der Waals surface area contributed by atoms with Crippen LogP contribution >= 0.6 is 0 Å². The molecule has 1 fully saturated rings. The average molecular weight is 273 g/mol. The fourth-order valence-corrected chi connectivity index (χ4v) is 2.39. The molecular formula is C15H19N3O2. The molecule has 0 bridgehead atoms. The molecule has 5 nitrogen and oxygen atoms in total. The second-order valence-electron chi connectivity index (χ2n) is 5.15. The van der Waals surface area contributed by atoms with Crippen molar-refractivity contribution in [3.63, 3.8) is 0 Å². The van der Waals surface area contributed by atoms with E-state index >= 15 is 0 Å². The Kier molecular flexibility index (Phi) is 4.59. The van der Waals surface area contributed by atoms with Crippen LogP contribution in [0.4, 0.5) is 5.69 Å². The number of piperidine rings is 1. The molecule has 1 aliphatic rings. The Morgan fingerprint density at radius 1 is 1.55 bits per heavy atom. The largest absolute Gasteiger partial charge is 0.495 e. The minimum absolute atomic E-state index is 0.0560. The molecule has 1 heterocycles. The predicted molar refractivity (Wildman–Crippen MR) is 76.5 cm³/mol. The summed E-state index contributed by atoms with van der Waals surface area (Å²) in [5, 5.41) is 15.0. The van der Waals surface area contributed by atoms with Crippen LogP contribution in [0.15, 0.2) is 18.2 Å². The number of anilines is 1. The number of carbonyl (C=O) groups excluding carboxylic acids is 1. The smallest absolute Gasteiger partial charge is 0.241 e. The lowest BCUT2D eigenvalue weighted by atomic mass is 9.94. The molecule has 106 valence electrons. The maximum atomic E-state index is 12.2. The highest BCUT2D eigenvalue weighted by Crippen LogP contribution is 2.26. The number of benzene rings is 1. The molecule has 2 unspecified atom stereocenters. The summed E-state index contributed by atoms with van der Waals surface area (Å²) in [6.07, 6.45) is 1.94. The van der Waals surface area contributed by atoms with Gasteiger partial charge in [-0.25, -0.2) is 0 Å². The van der Waals surface area contributed by atoms with Gasteiger partial charge in [-0.3, -0.25) is 4.79 Å². The Morgan fingerprint density at radius 3 is 3.00 bits per heavy atom. The number of methoxy groups -OCH3 is 1. The molecule has 2 atom stereocenters. The third-order valence-corrected chi connectivity index (χ3v) is 3.57. The number of hydrogen-bond acceptors (Lipinski definition) is 4. The van der Waals surface area contributed by atoms with E-state index in [-0.39, 0.29) is 11.9 Å². The van der Waals surface area contributed by atoms with Crippen molar-refractivity contribution in [1.82, 2.24) is 5.32 Å². The van der Waals surface area contributed by atoms with Gasteiger partial charge in [0.15, 0.2) is 0 Å². The van der Waals surface area contributed by atoms with Crippen LogP contribution in [0.1, 0.15) is 25.3 Å². The molecule has 1 saturated heterocycles. The maximum absolute atomic E-state index is 12.2. The lowest BCUT2D eigenvalue weighted by Gasteiger charge is -2.27. The van der Waals surface area contributed by atoms with Gasteiger partial charge in [0, 0.05) is 6.07 Å². The quantitative estimate of drug-likeness (QED) is 0.882. The predicted octanol–water partition coefficient (Wildman–Crippen LogP) is 1.89. The van der Waals surface area contributed by atoms with Crippen LogP contribution in [0, 0.1) is 17.2 Å². The Morgan fingerprint density at radius 2 is 2.35 bits per heavy atom. The maximum Gasteiger partial charge on any atom is 0.241 e. The molecule has 20 heavy (non-hydrogen) atoms. The zero-order valence-electron chi connectivity index (χ0n) is 11.8. The SMILES string of the molecule is COc1cc(C#N)ccc1NC(=O)C1CC(C)CCN1. The van der Waals surface area contributed by atoms with Crippen molar-refractivity contribution in [3.8, 4) is 11.8 Å². The van der Waals surface area contributed by atoms with Crippen LogP contribution in [-0.2, 0) is 4.79 Å². The molecule has 5 heteroatoms. The second-order valence-corrected chi connectivity index (χ2v) is 5.15. The average Bonchev–Trinajstić information content (AvgIpc) is 2.47. The molecule has 0 aliphatic carbocycles. The first-order chi connectivity index (χ1) is 9.63. The molecule has 1 aromatic rings. The summed E-state index contributed by atoms with van der Waals surface area (Å²) >= 11 is 0. The summed E-state index contributed by atoms with van der Waals surface area (Å²) in [7, 11) is 1.52. The molecule has 1 aromatic carbocycles. The topological polar surface area (TPSA) is 74.1 Å². The van der Waals surface area contributed by atoms with Crippen molar-refractivity contribution in [3.05, 3.63) is 23.8 Å². The molecule has 1 amide bonds. The van der Waals surface area contributed by atoms with Gasteiger partial charge in [0.25, 0.3) is 0 Å². The van der Waals surface area contributed by atoms with Gasteiger partial charge in [0.05, 0.1) is 30.5 Å². The van der Waals surface area contributed by atoms with E-state index in [0.29, 0.717) is 22.9 Å². The first kappa shape index (κ1) is 14.4. The second kappa shape index (κ2) is 6.40. The molecule has 2 rings (SSSR count). The highest BCUT2D eigenvalue weighted by atomic mass is 16.5. The van der Waals surface area contributed by atoms with Gasteiger partial charge in [0.2, 0.25) is 5.91 Å². The van der Waals surface area contributed by atoms with E-state index in [0.717, 1.165) is 19.4 Å². The van der Waals surface area contributed by atoms with Gasteiger partial charge in [-0.1, -0.05) is 6.92 Å². The van der Waals surface area contributed by atoms with E-state index in [1.165, 1.54) is 7.11 Å². The Hall–Kier alpha value is -2.06. The van der Waals surface area contributed by atoms with E-state index < -0.39 is 0 Å². The molecule has 0 saturated carbocycles. The van der Waals surface area contributed by atoms with Crippen molar-refractivity contribution >= 4 is 11.6 Å². The lowest BCUT2D eigenvalue weighted by Crippen LogP contribution is -2.45. The van der Waals surface area contributed by atoms with Crippen molar-refractivity contribution < 1.29 is 9.53 Å². The summed E-state index contributed by atoms with van der Waals surface area (Å²) in [6.45, 7) is 3.02. The monoisotopic (exact) mass is 273 g/mol. The van der Waals surface area contributed by atoms with E-state index in [1.807, 2.05) is 6.07 Å². The molecular weight excluding hydrogens is 254 g/mol.